The maximum atomic E-state index is 6.46. The first-order valence-electron chi connectivity index (χ1n) is 16.9. The normalized spacial score (nSPS) is 12.9. The van der Waals surface area contributed by atoms with Crippen LogP contribution in [0.25, 0.3) is 44.4 Å². The fourth-order valence-electron chi connectivity index (χ4n) is 6.85. The standard InChI is InChI=1S/C43H42N4O2.Pt/c1-27(28(2)43(5,6)7)32-17-20-39-38(23-32)37-19-18-36(25-40(37)46(39)41-26-34(48-8)21-22-44-41)49-35-16-12-15-33(24-35)47-30(4)42(29(3)45-47)31-13-10-9-11-14-31;/h9-23,26-28H,1-8H3;/q-2;+2. The van der Waals surface area contributed by atoms with E-state index in [1.165, 1.54) is 5.56 Å². The predicted molar refractivity (Wildman–Crippen MR) is 198 cm³/mol. The Bertz CT molecular complexity index is 2300. The van der Waals surface area contributed by atoms with Crippen LogP contribution >= 0.6 is 0 Å². The van der Waals surface area contributed by atoms with Crippen molar-refractivity contribution in [2.45, 2.75) is 54.4 Å². The summed E-state index contributed by atoms with van der Waals surface area (Å²) in [5.41, 5.74) is 8.53. The van der Waals surface area contributed by atoms with Gasteiger partial charge in [0, 0.05) is 40.5 Å². The van der Waals surface area contributed by atoms with E-state index >= 15 is 0 Å². The number of hydrogen-bond acceptors (Lipinski definition) is 4. The molecule has 3 heterocycles. The zero-order valence-electron chi connectivity index (χ0n) is 29.8. The zero-order chi connectivity index (χ0) is 34.4. The van der Waals surface area contributed by atoms with Gasteiger partial charge in [0.05, 0.1) is 12.8 Å². The second-order valence-electron chi connectivity index (χ2n) is 14.0. The van der Waals surface area contributed by atoms with E-state index in [1.54, 1.807) is 13.3 Å². The molecule has 0 radical (unpaired) electrons. The number of aryl methyl sites for hydroxylation is 1. The van der Waals surface area contributed by atoms with Crippen LogP contribution in [-0.4, -0.2) is 26.4 Å². The van der Waals surface area contributed by atoms with Gasteiger partial charge in [0.1, 0.15) is 11.6 Å². The van der Waals surface area contributed by atoms with Gasteiger partial charge in [0.2, 0.25) is 0 Å². The number of fused-ring (bicyclic) bond motifs is 3. The van der Waals surface area contributed by atoms with Crippen LogP contribution in [0.15, 0.2) is 97.2 Å². The van der Waals surface area contributed by atoms with E-state index < -0.39 is 0 Å². The minimum absolute atomic E-state index is 0. The minimum Gasteiger partial charge on any atom is -0.509 e. The molecule has 0 N–H and O–H groups in total. The molecule has 0 saturated heterocycles. The third-order valence-electron chi connectivity index (χ3n) is 10.1. The molecule has 0 spiro atoms. The molecule has 2 atom stereocenters. The SMILES string of the molecule is COc1ccnc(-n2c3[c-]c(Oc4[c-]c(-n5nc(C)c(-c6ccccc6)c5C)ccc4)ccc3c3cc(C(C)C(C)C(C)(C)C)ccc32)c1.[Pt+2]. The van der Waals surface area contributed by atoms with Crippen molar-refractivity contribution in [2.24, 2.45) is 11.3 Å². The first-order valence-corrected chi connectivity index (χ1v) is 16.9. The van der Waals surface area contributed by atoms with Crippen LogP contribution in [0.5, 0.6) is 17.2 Å². The average molecular weight is 842 g/mol. The molecule has 0 bridgehead atoms. The molecular formula is C43H42N4O2Pt. The van der Waals surface area contributed by atoms with Crippen LogP contribution in [0.3, 0.4) is 0 Å². The molecule has 4 aromatic carbocycles. The van der Waals surface area contributed by atoms with Gasteiger partial charge < -0.3 is 14.0 Å². The van der Waals surface area contributed by atoms with Crippen LogP contribution in [0.4, 0.5) is 0 Å². The second-order valence-corrected chi connectivity index (χ2v) is 14.0. The molecule has 0 fully saturated rings. The van der Waals surface area contributed by atoms with Crippen molar-refractivity contribution >= 4 is 21.8 Å². The average Bonchev–Trinajstić information content (AvgIpc) is 3.59. The Morgan fingerprint density at radius 1 is 0.800 bits per heavy atom. The zero-order valence-corrected chi connectivity index (χ0v) is 32.1. The molecular weight excluding hydrogens is 800 g/mol. The topological polar surface area (TPSA) is 54.1 Å². The van der Waals surface area contributed by atoms with Gasteiger partial charge >= 0.3 is 21.1 Å². The van der Waals surface area contributed by atoms with Crippen LogP contribution in [-0.2, 0) is 21.1 Å². The summed E-state index contributed by atoms with van der Waals surface area (Å²) in [6.45, 7) is 15.8. The molecule has 0 amide bonds. The Labute approximate surface area is 309 Å². The van der Waals surface area contributed by atoms with Crippen molar-refractivity contribution in [3.63, 3.8) is 0 Å². The van der Waals surface area contributed by atoms with Gasteiger partial charge in [-0.3, -0.25) is 4.68 Å². The molecule has 6 nitrogen and oxygen atoms in total. The van der Waals surface area contributed by atoms with Crippen LogP contribution in [0, 0.1) is 37.3 Å². The number of benzene rings is 4. The molecule has 0 aliphatic rings. The van der Waals surface area contributed by atoms with E-state index in [9.17, 15) is 0 Å². The molecule has 7 heteroatoms. The van der Waals surface area contributed by atoms with Crippen molar-refractivity contribution in [3.8, 4) is 39.9 Å². The first-order chi connectivity index (χ1) is 23.5. The van der Waals surface area contributed by atoms with Gasteiger partial charge in [0.25, 0.3) is 0 Å². The predicted octanol–water partition coefficient (Wildman–Crippen LogP) is 10.8. The molecule has 50 heavy (non-hydrogen) atoms. The van der Waals surface area contributed by atoms with E-state index in [0.29, 0.717) is 23.3 Å². The molecule has 2 unspecified atom stereocenters. The fourth-order valence-corrected chi connectivity index (χ4v) is 6.85. The summed E-state index contributed by atoms with van der Waals surface area (Å²) in [4.78, 5) is 4.75. The van der Waals surface area contributed by atoms with Gasteiger partial charge in [-0.2, -0.15) is 17.2 Å². The number of pyridine rings is 1. The van der Waals surface area contributed by atoms with Crippen molar-refractivity contribution in [3.05, 3.63) is 126 Å². The number of ether oxygens (including phenoxy) is 2. The molecule has 0 saturated carbocycles. The first kappa shape index (κ1) is 35.2. The number of methoxy groups -OCH3 is 1. The van der Waals surface area contributed by atoms with E-state index in [2.05, 4.69) is 107 Å². The van der Waals surface area contributed by atoms with E-state index in [1.807, 2.05) is 54.1 Å². The maximum absolute atomic E-state index is 6.46. The Kier molecular flexibility index (Phi) is 9.79. The van der Waals surface area contributed by atoms with Crippen LogP contribution < -0.4 is 9.47 Å². The van der Waals surface area contributed by atoms with Crippen LogP contribution in [0.2, 0.25) is 0 Å². The van der Waals surface area contributed by atoms with Crippen molar-refractivity contribution in [1.29, 1.82) is 0 Å². The Balaban J connectivity index is 0.00000432. The van der Waals surface area contributed by atoms with Gasteiger partial charge in [-0.1, -0.05) is 82.6 Å². The molecule has 0 aliphatic carbocycles. The summed E-state index contributed by atoms with van der Waals surface area (Å²) in [6, 6.07) is 38.0. The Morgan fingerprint density at radius 3 is 2.30 bits per heavy atom. The Hall–Kier alpha value is -4.67. The largest absolute Gasteiger partial charge is 2.00 e. The van der Waals surface area contributed by atoms with Crippen molar-refractivity contribution < 1.29 is 30.5 Å². The second kappa shape index (κ2) is 13.9. The summed E-state index contributed by atoms with van der Waals surface area (Å²) in [6.07, 6.45) is 1.77. The van der Waals surface area contributed by atoms with Gasteiger partial charge in [-0.05, 0) is 65.4 Å². The number of hydrogen-bond donors (Lipinski definition) is 0. The summed E-state index contributed by atoms with van der Waals surface area (Å²) in [7, 11) is 1.67. The molecule has 3 aromatic heterocycles. The number of nitrogens with zero attached hydrogens (tertiary/aromatic N) is 4. The third kappa shape index (κ3) is 6.49. The monoisotopic (exact) mass is 841 g/mol. The van der Waals surface area contributed by atoms with Gasteiger partial charge in [-0.25, -0.2) is 4.98 Å². The van der Waals surface area contributed by atoms with E-state index in [4.69, 9.17) is 19.6 Å². The van der Waals surface area contributed by atoms with Gasteiger partial charge in [0.15, 0.2) is 0 Å². The smallest absolute Gasteiger partial charge is 0.509 e. The molecule has 7 rings (SSSR count). The molecule has 0 aliphatic heterocycles. The number of rotatable bonds is 8. The van der Waals surface area contributed by atoms with Crippen LogP contribution in [0.1, 0.15) is 57.5 Å². The Morgan fingerprint density at radius 2 is 1.56 bits per heavy atom. The van der Waals surface area contributed by atoms with E-state index in [-0.39, 0.29) is 26.5 Å². The maximum Gasteiger partial charge on any atom is 2.00 e. The van der Waals surface area contributed by atoms with Gasteiger partial charge in [-0.15, -0.1) is 35.7 Å². The minimum atomic E-state index is 0. The quantitative estimate of drug-likeness (QED) is 0.143. The summed E-state index contributed by atoms with van der Waals surface area (Å²) >= 11 is 0. The number of aromatic nitrogens is 4. The van der Waals surface area contributed by atoms with E-state index in [0.717, 1.165) is 61.6 Å². The fraction of sp³-hybridized carbons (Fsp3) is 0.256. The van der Waals surface area contributed by atoms with Crippen molar-refractivity contribution in [1.82, 2.24) is 19.3 Å². The van der Waals surface area contributed by atoms with Crippen molar-refractivity contribution in [2.75, 3.05) is 7.11 Å². The summed E-state index contributed by atoms with van der Waals surface area (Å²) in [5.74, 6) is 3.54. The molecule has 7 aromatic rings. The summed E-state index contributed by atoms with van der Waals surface area (Å²) < 4.78 is 16.1. The summed E-state index contributed by atoms with van der Waals surface area (Å²) in [5, 5.41) is 7.11. The molecule has 256 valence electrons. The third-order valence-corrected chi connectivity index (χ3v) is 10.1.